The molecule has 0 saturated carbocycles. The molecule has 282 valence electrons. The summed E-state index contributed by atoms with van der Waals surface area (Å²) in [7, 11) is -6.20. The molecular formula is C52H58Si4. The van der Waals surface area contributed by atoms with Crippen LogP contribution in [0.2, 0.25) is 78.6 Å². The molecule has 56 heavy (non-hydrogen) atoms. The maximum atomic E-state index is 2.52. The van der Waals surface area contributed by atoms with Crippen molar-refractivity contribution in [1.82, 2.24) is 0 Å². The average Bonchev–Trinajstić information content (AvgIpc) is 3.15. The van der Waals surface area contributed by atoms with E-state index in [0.717, 1.165) is 0 Å². The Morgan fingerprint density at radius 1 is 0.250 bits per heavy atom. The van der Waals surface area contributed by atoms with Crippen molar-refractivity contribution in [2.24, 2.45) is 0 Å². The van der Waals surface area contributed by atoms with Gasteiger partial charge in [0.25, 0.3) is 0 Å². The molecule has 0 nitrogen and oxygen atoms in total. The van der Waals surface area contributed by atoms with E-state index in [4.69, 9.17) is 0 Å². The van der Waals surface area contributed by atoms with Crippen LogP contribution in [-0.4, -0.2) is 32.3 Å². The van der Waals surface area contributed by atoms with Gasteiger partial charge in [-0.25, -0.2) is 0 Å². The van der Waals surface area contributed by atoms with E-state index in [2.05, 4.69) is 212 Å². The van der Waals surface area contributed by atoms with E-state index in [0.29, 0.717) is 0 Å². The Morgan fingerprint density at radius 2 is 0.464 bits per heavy atom. The Morgan fingerprint density at radius 3 is 0.661 bits per heavy atom. The summed E-state index contributed by atoms with van der Waals surface area (Å²) in [6.45, 7) is 29.5. The zero-order valence-corrected chi connectivity index (χ0v) is 39.7. The summed E-state index contributed by atoms with van der Waals surface area (Å²) in [5, 5.41) is 14.1. The molecule has 4 heteroatoms. The molecule has 8 aromatic carbocycles. The Bertz CT molecular complexity index is 2400. The first-order valence-electron chi connectivity index (χ1n) is 20.5. The van der Waals surface area contributed by atoms with E-state index in [1.54, 1.807) is 0 Å². The predicted octanol–water partition coefficient (Wildman–Crippen LogP) is 13.4. The third-order valence-electron chi connectivity index (χ3n) is 12.1. The molecule has 8 aromatic rings. The van der Waals surface area contributed by atoms with E-state index in [9.17, 15) is 0 Å². The molecule has 0 heterocycles. The number of hydrogen-bond donors (Lipinski definition) is 0. The molecule has 0 N–H and O–H groups in total. The van der Waals surface area contributed by atoms with Crippen LogP contribution in [0.25, 0.3) is 76.8 Å². The van der Waals surface area contributed by atoms with Gasteiger partial charge in [0.15, 0.2) is 0 Å². The minimum Gasteiger partial charge on any atom is -0.0656 e. The van der Waals surface area contributed by atoms with Gasteiger partial charge in [-0.05, 0) is 89.0 Å². The Labute approximate surface area is 340 Å². The van der Waals surface area contributed by atoms with Crippen molar-refractivity contribution in [1.29, 1.82) is 0 Å². The fraction of sp³-hybridized carbons (Fsp3) is 0.231. The summed E-state index contributed by atoms with van der Waals surface area (Å²) in [5.74, 6) is 0. The van der Waals surface area contributed by atoms with Crippen LogP contribution in [0.1, 0.15) is 0 Å². The van der Waals surface area contributed by atoms with Gasteiger partial charge in [0, 0.05) is 0 Å². The van der Waals surface area contributed by atoms with E-state index >= 15 is 0 Å². The van der Waals surface area contributed by atoms with Gasteiger partial charge in [0.1, 0.15) is 0 Å². The lowest BCUT2D eigenvalue weighted by atomic mass is 9.82. The fourth-order valence-corrected chi connectivity index (χ4v) is 13.3. The number of benzene rings is 8. The Kier molecular flexibility index (Phi) is 9.40. The molecule has 0 bridgehead atoms. The van der Waals surface area contributed by atoms with Gasteiger partial charge in [-0.1, -0.05) is 221 Å². The fourth-order valence-electron chi connectivity index (χ4n) is 8.56. The monoisotopic (exact) mass is 794 g/mol. The van der Waals surface area contributed by atoms with Gasteiger partial charge >= 0.3 is 0 Å². The van der Waals surface area contributed by atoms with Crippen LogP contribution in [0.4, 0.5) is 0 Å². The smallest absolute Gasteiger partial charge is 0.0656 e. The summed E-state index contributed by atoms with van der Waals surface area (Å²) in [4.78, 5) is 0. The summed E-state index contributed by atoms with van der Waals surface area (Å²) >= 11 is 0. The third kappa shape index (κ3) is 7.00. The second kappa shape index (κ2) is 13.7. The highest BCUT2D eigenvalue weighted by molar-refractivity contribution is 6.90. The molecule has 0 unspecified atom stereocenters. The van der Waals surface area contributed by atoms with Gasteiger partial charge in [-0.2, -0.15) is 0 Å². The highest BCUT2D eigenvalue weighted by Gasteiger charge is 2.25. The van der Waals surface area contributed by atoms with Gasteiger partial charge in [0.05, 0.1) is 32.3 Å². The van der Waals surface area contributed by atoms with E-state index in [-0.39, 0.29) is 0 Å². The third-order valence-corrected chi connectivity index (χ3v) is 20.2. The number of rotatable bonds is 8. The van der Waals surface area contributed by atoms with E-state index in [1.807, 2.05) is 0 Å². The molecule has 0 atom stereocenters. The molecule has 0 aliphatic rings. The molecule has 0 aliphatic carbocycles. The maximum absolute atomic E-state index is 2.52. The van der Waals surface area contributed by atoms with Crippen LogP contribution in [0.3, 0.4) is 0 Å². The van der Waals surface area contributed by atoms with Crippen molar-refractivity contribution in [2.75, 3.05) is 0 Å². The molecular weight excluding hydrogens is 737 g/mol. The van der Waals surface area contributed by atoms with Crippen molar-refractivity contribution < 1.29 is 0 Å². The lowest BCUT2D eigenvalue weighted by Gasteiger charge is -2.24. The van der Waals surface area contributed by atoms with Gasteiger partial charge in [0.2, 0.25) is 0 Å². The standard InChI is InChI=1S/C52H58Si4/c1-53(2,3)39-21-13-17-35(29-39)47-33-48(36-18-14-22-40(30-36)54(4,5)6)44-27-28-46-50(38-20-16-24-42(32-38)56(10,11)12)34-49(45-26-25-43(47)51(44)52(45)46)37-19-15-23-41(31-37)55(7,8)9/h13-34H,1-12H3. The highest BCUT2D eigenvalue weighted by atomic mass is 28.3. The van der Waals surface area contributed by atoms with Crippen molar-refractivity contribution in [2.45, 2.75) is 78.6 Å². The molecule has 0 spiro atoms. The molecule has 0 radical (unpaired) electrons. The minimum atomic E-state index is -1.55. The summed E-state index contributed by atoms with van der Waals surface area (Å²) in [6.07, 6.45) is 0. The zero-order chi connectivity index (χ0) is 39.9. The van der Waals surface area contributed by atoms with Crippen molar-refractivity contribution >= 4 is 85.4 Å². The number of hydrogen-bond acceptors (Lipinski definition) is 0. The van der Waals surface area contributed by atoms with Crippen LogP contribution >= 0.6 is 0 Å². The quantitative estimate of drug-likeness (QED) is 0.106. The van der Waals surface area contributed by atoms with E-state index in [1.165, 1.54) is 97.6 Å². The first-order chi connectivity index (χ1) is 26.3. The van der Waals surface area contributed by atoms with Gasteiger partial charge in [-0.15, -0.1) is 0 Å². The zero-order valence-electron chi connectivity index (χ0n) is 35.7. The summed E-state index contributed by atoms with van der Waals surface area (Å²) in [5.41, 5.74) is 10.6. The lowest BCUT2D eigenvalue weighted by Crippen LogP contribution is -2.37. The van der Waals surface area contributed by atoms with Crippen LogP contribution in [0.5, 0.6) is 0 Å². The molecule has 0 aromatic heterocycles. The molecule has 0 saturated heterocycles. The van der Waals surface area contributed by atoms with Crippen LogP contribution in [0.15, 0.2) is 133 Å². The summed E-state index contributed by atoms with van der Waals surface area (Å²) < 4.78 is 0. The maximum Gasteiger partial charge on any atom is 0.0776 e. The largest absolute Gasteiger partial charge is 0.0776 e. The Balaban J connectivity index is 1.55. The minimum absolute atomic E-state index is 1.32. The first-order valence-corrected chi connectivity index (χ1v) is 34.5. The average molecular weight is 795 g/mol. The molecule has 0 fully saturated rings. The second-order valence-electron chi connectivity index (χ2n) is 20.3. The van der Waals surface area contributed by atoms with Crippen molar-refractivity contribution in [3.63, 3.8) is 0 Å². The van der Waals surface area contributed by atoms with Crippen LogP contribution in [-0.2, 0) is 0 Å². The van der Waals surface area contributed by atoms with Crippen LogP contribution in [0, 0.1) is 0 Å². The topological polar surface area (TPSA) is 0 Å². The SMILES string of the molecule is C[Si](C)(C)c1cccc(-c2cc(-c3cccc([Si](C)(C)C)c3)c3ccc4c(-c5cccc([Si](C)(C)C)c5)cc(-c5cccc([Si](C)(C)C)c5)c5ccc2c3c54)c1. The van der Waals surface area contributed by atoms with Crippen LogP contribution < -0.4 is 20.7 Å². The molecule has 0 aliphatic heterocycles. The second-order valence-corrected chi connectivity index (χ2v) is 40.6. The predicted molar refractivity (Wildman–Crippen MR) is 264 cm³/mol. The molecule has 0 amide bonds. The van der Waals surface area contributed by atoms with Gasteiger partial charge < -0.3 is 0 Å². The normalized spacial score (nSPS) is 13.0. The van der Waals surface area contributed by atoms with Gasteiger partial charge in [-0.3, -0.25) is 0 Å². The van der Waals surface area contributed by atoms with E-state index < -0.39 is 32.3 Å². The highest BCUT2D eigenvalue weighted by Crippen LogP contribution is 2.48. The Hall–Kier alpha value is -4.33. The molecule has 8 rings (SSSR count). The van der Waals surface area contributed by atoms with Crippen molar-refractivity contribution in [3.8, 4) is 44.5 Å². The first kappa shape index (κ1) is 38.5. The lowest BCUT2D eigenvalue weighted by molar-refractivity contribution is 1.62. The summed E-state index contributed by atoms with van der Waals surface area (Å²) in [6, 6.07) is 52.8. The van der Waals surface area contributed by atoms with Crippen molar-refractivity contribution in [3.05, 3.63) is 133 Å².